The van der Waals surface area contributed by atoms with Gasteiger partial charge in [-0.15, -0.1) is 0 Å². The van der Waals surface area contributed by atoms with Crippen molar-refractivity contribution in [2.45, 2.75) is 31.8 Å². The van der Waals surface area contributed by atoms with Gasteiger partial charge in [-0.25, -0.2) is 0 Å². The van der Waals surface area contributed by atoms with Crippen LogP contribution in [-0.4, -0.2) is 34.9 Å². The Bertz CT molecular complexity index is 629. The van der Waals surface area contributed by atoms with E-state index in [4.69, 9.17) is 0 Å². The van der Waals surface area contributed by atoms with Crippen molar-refractivity contribution < 1.29 is 4.79 Å². The molecule has 1 atom stereocenters. The standard InChI is InChI=1S/C17H21N3OS/c21-16(14-1-5-19-10-14)20(11-13-2-8-22-12-13)15-9-17(15)3-6-18-7-4-17/h1-2,5,8,10,12,15,18-19H,3-4,6-7,9,11H2. The maximum absolute atomic E-state index is 12.9. The van der Waals surface area contributed by atoms with Gasteiger partial charge in [0, 0.05) is 25.0 Å². The summed E-state index contributed by atoms with van der Waals surface area (Å²) >= 11 is 1.70. The van der Waals surface area contributed by atoms with Crippen molar-refractivity contribution in [3.63, 3.8) is 0 Å². The Labute approximate surface area is 134 Å². The Balaban J connectivity index is 1.57. The average molecular weight is 315 g/mol. The Kier molecular flexibility index (Phi) is 3.54. The zero-order valence-electron chi connectivity index (χ0n) is 12.5. The first-order chi connectivity index (χ1) is 10.8. The van der Waals surface area contributed by atoms with Crippen molar-refractivity contribution in [3.05, 3.63) is 46.4 Å². The van der Waals surface area contributed by atoms with E-state index < -0.39 is 0 Å². The van der Waals surface area contributed by atoms with Gasteiger partial charge < -0.3 is 15.2 Å². The van der Waals surface area contributed by atoms with Gasteiger partial charge in [0.1, 0.15) is 0 Å². The van der Waals surface area contributed by atoms with Crippen LogP contribution in [0, 0.1) is 5.41 Å². The first kappa shape index (κ1) is 14.0. The summed E-state index contributed by atoms with van der Waals surface area (Å²) in [5, 5.41) is 7.67. The zero-order chi connectivity index (χ0) is 15.0. The van der Waals surface area contributed by atoms with Gasteiger partial charge in [0.2, 0.25) is 0 Å². The number of rotatable bonds is 4. The van der Waals surface area contributed by atoms with E-state index in [2.05, 4.69) is 32.0 Å². The molecule has 4 rings (SSSR count). The third-order valence-corrected chi connectivity index (χ3v) is 5.89. The molecule has 1 saturated heterocycles. The van der Waals surface area contributed by atoms with E-state index in [0.29, 0.717) is 11.5 Å². The molecule has 2 aromatic heterocycles. The molecule has 3 heterocycles. The van der Waals surface area contributed by atoms with Crippen molar-refractivity contribution in [2.75, 3.05) is 13.1 Å². The van der Waals surface area contributed by atoms with Crippen LogP contribution in [0.3, 0.4) is 0 Å². The maximum Gasteiger partial charge on any atom is 0.255 e. The molecule has 0 aromatic carbocycles. The molecule has 22 heavy (non-hydrogen) atoms. The fraction of sp³-hybridized carbons (Fsp3) is 0.471. The fourth-order valence-corrected chi connectivity index (χ4v) is 4.41. The van der Waals surface area contributed by atoms with Crippen LogP contribution in [-0.2, 0) is 6.54 Å². The number of nitrogens with zero attached hydrogens (tertiary/aromatic N) is 1. The summed E-state index contributed by atoms with van der Waals surface area (Å²) in [6, 6.07) is 4.40. The number of hydrogen-bond acceptors (Lipinski definition) is 3. The summed E-state index contributed by atoms with van der Waals surface area (Å²) in [6.45, 7) is 2.90. The van der Waals surface area contributed by atoms with Crippen molar-refractivity contribution >= 4 is 17.2 Å². The number of nitrogens with one attached hydrogen (secondary N) is 2. The number of H-pyrrole nitrogens is 1. The van der Waals surface area contributed by atoms with E-state index in [-0.39, 0.29) is 5.91 Å². The third-order valence-electron chi connectivity index (χ3n) is 5.16. The highest BCUT2D eigenvalue weighted by Crippen LogP contribution is 2.56. The van der Waals surface area contributed by atoms with Crippen LogP contribution in [0.25, 0.3) is 0 Å². The van der Waals surface area contributed by atoms with Gasteiger partial charge in [-0.1, -0.05) is 0 Å². The molecule has 4 nitrogen and oxygen atoms in total. The minimum Gasteiger partial charge on any atom is -0.367 e. The molecule has 5 heteroatoms. The van der Waals surface area contributed by atoms with E-state index in [1.165, 1.54) is 18.4 Å². The number of amides is 1. The van der Waals surface area contributed by atoms with E-state index in [0.717, 1.165) is 31.6 Å². The highest BCUT2D eigenvalue weighted by atomic mass is 32.1. The number of carbonyl (C=O) groups is 1. The van der Waals surface area contributed by atoms with Crippen molar-refractivity contribution in [1.82, 2.24) is 15.2 Å². The fourth-order valence-electron chi connectivity index (χ4n) is 3.75. The molecule has 1 saturated carbocycles. The van der Waals surface area contributed by atoms with Crippen molar-refractivity contribution in [1.29, 1.82) is 0 Å². The minimum atomic E-state index is 0.160. The summed E-state index contributed by atoms with van der Waals surface area (Å²) in [7, 11) is 0. The van der Waals surface area contributed by atoms with Gasteiger partial charge in [-0.3, -0.25) is 4.79 Å². The number of thiophene rings is 1. The molecule has 2 fully saturated rings. The summed E-state index contributed by atoms with van der Waals surface area (Å²) in [6.07, 6.45) is 7.18. The van der Waals surface area contributed by atoms with Crippen LogP contribution >= 0.6 is 11.3 Å². The molecule has 0 bridgehead atoms. The third kappa shape index (κ3) is 2.48. The summed E-state index contributed by atoms with van der Waals surface area (Å²) in [5.74, 6) is 0.160. The van der Waals surface area contributed by atoms with Crippen molar-refractivity contribution in [2.24, 2.45) is 5.41 Å². The molecule has 2 aliphatic rings. The summed E-state index contributed by atoms with van der Waals surface area (Å²) < 4.78 is 0. The molecule has 2 aromatic rings. The second-order valence-corrected chi connectivity index (χ2v) is 7.28. The molecule has 1 spiro atoms. The molecular formula is C17H21N3OS. The predicted octanol–water partition coefficient (Wildman–Crippen LogP) is 2.86. The number of aromatic amines is 1. The van der Waals surface area contributed by atoms with Crippen molar-refractivity contribution in [3.8, 4) is 0 Å². The summed E-state index contributed by atoms with van der Waals surface area (Å²) in [5.41, 5.74) is 2.38. The second kappa shape index (κ2) is 5.56. The average Bonchev–Trinajstić information content (AvgIpc) is 3.02. The first-order valence-corrected chi connectivity index (χ1v) is 8.88. The Hall–Kier alpha value is -1.59. The Morgan fingerprint density at radius 2 is 2.23 bits per heavy atom. The highest BCUT2D eigenvalue weighted by Gasteiger charge is 2.57. The number of piperidine rings is 1. The minimum absolute atomic E-state index is 0.160. The van der Waals surface area contributed by atoms with Gasteiger partial charge in [-0.05, 0) is 66.2 Å². The maximum atomic E-state index is 12.9. The van der Waals surface area contributed by atoms with E-state index in [1.54, 1.807) is 17.5 Å². The van der Waals surface area contributed by atoms with E-state index in [1.807, 2.05) is 12.3 Å². The highest BCUT2D eigenvalue weighted by molar-refractivity contribution is 7.07. The Morgan fingerprint density at radius 3 is 2.91 bits per heavy atom. The molecule has 2 N–H and O–H groups in total. The molecular weight excluding hydrogens is 294 g/mol. The van der Waals surface area contributed by atoms with Crippen LogP contribution in [0.5, 0.6) is 0 Å². The first-order valence-electron chi connectivity index (χ1n) is 7.94. The predicted molar refractivity (Wildman–Crippen MR) is 87.9 cm³/mol. The topological polar surface area (TPSA) is 48.1 Å². The van der Waals surface area contributed by atoms with Crippen LogP contribution in [0.15, 0.2) is 35.3 Å². The van der Waals surface area contributed by atoms with Gasteiger partial charge in [-0.2, -0.15) is 11.3 Å². The SMILES string of the molecule is O=C(c1cc[nH]c1)N(Cc1ccsc1)C1CC12CCNCC2. The normalized spacial score (nSPS) is 22.6. The van der Waals surface area contributed by atoms with Crippen LogP contribution in [0.1, 0.15) is 35.2 Å². The summed E-state index contributed by atoms with van der Waals surface area (Å²) in [4.78, 5) is 18.0. The smallest absolute Gasteiger partial charge is 0.255 e. The van der Waals surface area contributed by atoms with Gasteiger partial charge in [0.05, 0.1) is 5.56 Å². The monoisotopic (exact) mass is 315 g/mol. The lowest BCUT2D eigenvalue weighted by atomic mass is 9.93. The molecule has 1 aliphatic carbocycles. The second-order valence-electron chi connectivity index (χ2n) is 6.50. The van der Waals surface area contributed by atoms with E-state index >= 15 is 0 Å². The Morgan fingerprint density at radius 1 is 1.36 bits per heavy atom. The molecule has 116 valence electrons. The van der Waals surface area contributed by atoms with Crippen LogP contribution < -0.4 is 5.32 Å². The number of aromatic nitrogens is 1. The lowest BCUT2D eigenvalue weighted by Crippen LogP contribution is -2.39. The molecule has 1 amide bonds. The van der Waals surface area contributed by atoms with E-state index in [9.17, 15) is 4.79 Å². The van der Waals surface area contributed by atoms with Crippen LogP contribution in [0.4, 0.5) is 0 Å². The lowest BCUT2D eigenvalue weighted by molar-refractivity contribution is 0.0692. The lowest BCUT2D eigenvalue weighted by Gasteiger charge is -2.29. The zero-order valence-corrected chi connectivity index (χ0v) is 13.4. The molecule has 1 unspecified atom stereocenters. The van der Waals surface area contributed by atoms with Gasteiger partial charge in [0.25, 0.3) is 5.91 Å². The van der Waals surface area contributed by atoms with Gasteiger partial charge >= 0.3 is 0 Å². The van der Waals surface area contributed by atoms with Crippen LogP contribution in [0.2, 0.25) is 0 Å². The molecule has 0 radical (unpaired) electrons. The van der Waals surface area contributed by atoms with Gasteiger partial charge in [0.15, 0.2) is 0 Å². The number of hydrogen-bond donors (Lipinski definition) is 2. The number of carbonyl (C=O) groups excluding carboxylic acids is 1. The quantitative estimate of drug-likeness (QED) is 0.911. The largest absolute Gasteiger partial charge is 0.367 e. The molecule has 1 aliphatic heterocycles.